The van der Waals surface area contributed by atoms with Crippen molar-refractivity contribution in [2.24, 2.45) is 5.92 Å². The molecule has 0 fully saturated rings. The highest BCUT2D eigenvalue weighted by molar-refractivity contribution is 6.42. The number of rotatable bonds is 8. The molecule has 0 aliphatic carbocycles. The lowest BCUT2D eigenvalue weighted by molar-refractivity contribution is -0.124. The van der Waals surface area contributed by atoms with E-state index < -0.39 is 0 Å². The minimum atomic E-state index is -0.302. The van der Waals surface area contributed by atoms with Crippen molar-refractivity contribution in [3.63, 3.8) is 0 Å². The van der Waals surface area contributed by atoms with Crippen molar-refractivity contribution in [2.45, 2.75) is 46.1 Å². The Hall–Kier alpha value is -2.04. The Morgan fingerprint density at radius 3 is 2.59 bits per heavy atom. The number of carbonyl (C=O) groups is 1. The number of para-hydroxylation sites is 2. The van der Waals surface area contributed by atoms with Crippen molar-refractivity contribution in [3.8, 4) is 0 Å². The molecular formula is C23H27Cl2N3O. The summed E-state index contributed by atoms with van der Waals surface area (Å²) in [6, 6.07) is 13.3. The lowest BCUT2D eigenvalue weighted by Crippen LogP contribution is -2.35. The second-order valence-corrected chi connectivity index (χ2v) is 8.57. The normalized spacial score (nSPS) is 12.5. The number of carbonyl (C=O) groups excluding carboxylic acids is 1. The highest BCUT2D eigenvalue weighted by Crippen LogP contribution is 2.28. The predicted octanol–water partition coefficient (Wildman–Crippen LogP) is 6.05. The first-order valence-corrected chi connectivity index (χ1v) is 10.8. The van der Waals surface area contributed by atoms with Gasteiger partial charge in [0.05, 0.1) is 21.1 Å². The summed E-state index contributed by atoms with van der Waals surface area (Å²) in [5.41, 5.74) is 2.87. The van der Waals surface area contributed by atoms with Gasteiger partial charge in [-0.05, 0) is 42.2 Å². The SMILES string of the molecule is CCC[C@@H](C(=O)NCC(C)C)n1c(Cc2ccc(Cl)c(Cl)c2)nc2ccccc21. The molecule has 1 aromatic heterocycles. The van der Waals surface area contributed by atoms with E-state index in [2.05, 4.69) is 30.7 Å². The zero-order valence-electron chi connectivity index (χ0n) is 17.1. The zero-order valence-corrected chi connectivity index (χ0v) is 18.6. The van der Waals surface area contributed by atoms with Gasteiger partial charge in [0.2, 0.25) is 5.91 Å². The summed E-state index contributed by atoms with van der Waals surface area (Å²) in [6.07, 6.45) is 2.22. The molecule has 6 heteroatoms. The number of aromatic nitrogens is 2. The average Bonchev–Trinajstić information content (AvgIpc) is 3.04. The van der Waals surface area contributed by atoms with Crippen LogP contribution in [0.25, 0.3) is 11.0 Å². The number of nitrogens with zero attached hydrogens (tertiary/aromatic N) is 2. The van der Waals surface area contributed by atoms with Crippen LogP contribution >= 0.6 is 23.2 Å². The van der Waals surface area contributed by atoms with Gasteiger partial charge in [-0.2, -0.15) is 0 Å². The van der Waals surface area contributed by atoms with Crippen LogP contribution in [-0.4, -0.2) is 22.0 Å². The van der Waals surface area contributed by atoms with E-state index in [1.54, 1.807) is 6.07 Å². The standard InChI is InChI=1S/C23H27Cl2N3O/c1-4-7-21(23(29)26-14-15(2)3)28-20-9-6-5-8-19(20)27-22(28)13-16-10-11-17(24)18(25)12-16/h5-6,8-12,15,21H,4,7,13-14H2,1-3H3,(H,26,29)/t21-/m0/s1. The van der Waals surface area contributed by atoms with Gasteiger partial charge in [0.1, 0.15) is 11.9 Å². The maximum atomic E-state index is 13.1. The molecule has 1 N–H and O–H groups in total. The smallest absolute Gasteiger partial charge is 0.243 e. The van der Waals surface area contributed by atoms with E-state index in [0.29, 0.717) is 28.9 Å². The summed E-state index contributed by atoms with van der Waals surface area (Å²) in [5.74, 6) is 1.29. The Balaban J connectivity index is 2.04. The molecule has 0 saturated heterocycles. The number of hydrogen-bond acceptors (Lipinski definition) is 2. The Kier molecular flexibility index (Phi) is 7.20. The number of amides is 1. The fourth-order valence-electron chi connectivity index (χ4n) is 3.47. The third-order valence-electron chi connectivity index (χ3n) is 4.88. The molecule has 29 heavy (non-hydrogen) atoms. The van der Waals surface area contributed by atoms with Crippen LogP contribution in [0.1, 0.15) is 51.0 Å². The quantitative estimate of drug-likeness (QED) is 0.471. The van der Waals surface area contributed by atoms with Crippen molar-refractivity contribution in [1.29, 1.82) is 0 Å². The highest BCUT2D eigenvalue weighted by atomic mass is 35.5. The highest BCUT2D eigenvalue weighted by Gasteiger charge is 2.25. The molecule has 0 spiro atoms. The van der Waals surface area contributed by atoms with Crippen LogP contribution < -0.4 is 5.32 Å². The lowest BCUT2D eigenvalue weighted by atomic mass is 10.1. The monoisotopic (exact) mass is 431 g/mol. The Morgan fingerprint density at radius 2 is 1.90 bits per heavy atom. The van der Waals surface area contributed by atoms with E-state index >= 15 is 0 Å². The zero-order chi connectivity index (χ0) is 21.0. The van der Waals surface area contributed by atoms with E-state index in [1.165, 1.54) is 0 Å². The summed E-state index contributed by atoms with van der Waals surface area (Å²) in [7, 11) is 0. The lowest BCUT2D eigenvalue weighted by Gasteiger charge is -2.22. The van der Waals surface area contributed by atoms with Gasteiger partial charge < -0.3 is 9.88 Å². The number of fused-ring (bicyclic) bond motifs is 1. The van der Waals surface area contributed by atoms with Crippen LogP contribution in [0.2, 0.25) is 10.0 Å². The molecule has 3 rings (SSSR count). The largest absolute Gasteiger partial charge is 0.354 e. The summed E-state index contributed by atoms with van der Waals surface area (Å²) in [6.45, 7) is 6.95. The van der Waals surface area contributed by atoms with Gasteiger partial charge in [-0.3, -0.25) is 4.79 Å². The Morgan fingerprint density at radius 1 is 1.14 bits per heavy atom. The number of benzene rings is 2. The van der Waals surface area contributed by atoms with Crippen LogP contribution in [0.3, 0.4) is 0 Å². The first-order valence-electron chi connectivity index (χ1n) is 10.1. The summed E-state index contributed by atoms with van der Waals surface area (Å²) < 4.78 is 2.09. The van der Waals surface area contributed by atoms with E-state index in [4.69, 9.17) is 28.2 Å². The fourth-order valence-corrected chi connectivity index (χ4v) is 3.79. The molecule has 2 aromatic carbocycles. The first-order chi connectivity index (χ1) is 13.9. The molecule has 3 aromatic rings. The Labute approximate surface area is 182 Å². The second kappa shape index (κ2) is 9.64. The number of imidazole rings is 1. The van der Waals surface area contributed by atoms with E-state index in [1.807, 2.05) is 36.4 Å². The molecule has 0 unspecified atom stereocenters. The molecule has 0 aliphatic heterocycles. The van der Waals surface area contributed by atoms with Gasteiger partial charge in [-0.15, -0.1) is 0 Å². The van der Waals surface area contributed by atoms with E-state index in [9.17, 15) is 4.79 Å². The average molecular weight is 432 g/mol. The minimum Gasteiger partial charge on any atom is -0.354 e. The molecule has 154 valence electrons. The molecule has 1 atom stereocenters. The summed E-state index contributed by atoms with van der Waals surface area (Å²) in [5, 5.41) is 4.15. The second-order valence-electron chi connectivity index (χ2n) is 7.76. The molecule has 1 heterocycles. The maximum Gasteiger partial charge on any atom is 0.243 e. The summed E-state index contributed by atoms with van der Waals surface area (Å²) in [4.78, 5) is 17.9. The number of nitrogens with one attached hydrogen (secondary N) is 1. The maximum absolute atomic E-state index is 13.1. The molecule has 4 nitrogen and oxygen atoms in total. The van der Waals surface area contributed by atoms with E-state index in [-0.39, 0.29) is 11.9 Å². The molecule has 0 radical (unpaired) electrons. The first kappa shape index (κ1) is 21.7. The topological polar surface area (TPSA) is 46.9 Å². The third kappa shape index (κ3) is 5.12. The van der Waals surface area contributed by atoms with Gasteiger partial charge in [0, 0.05) is 13.0 Å². The molecule has 0 saturated carbocycles. The predicted molar refractivity (Wildman–Crippen MR) is 121 cm³/mol. The molecule has 0 aliphatic rings. The van der Waals surface area contributed by atoms with Crippen molar-refractivity contribution in [1.82, 2.24) is 14.9 Å². The summed E-state index contributed by atoms with van der Waals surface area (Å²) >= 11 is 12.3. The van der Waals surface area contributed by atoms with Gasteiger partial charge >= 0.3 is 0 Å². The van der Waals surface area contributed by atoms with E-state index in [0.717, 1.165) is 35.3 Å². The molecule has 0 bridgehead atoms. The Bertz CT molecular complexity index is 997. The van der Waals surface area contributed by atoms with Gasteiger partial charge in [0.15, 0.2) is 0 Å². The number of hydrogen-bond donors (Lipinski definition) is 1. The van der Waals surface area contributed by atoms with Gasteiger partial charge in [0.25, 0.3) is 0 Å². The third-order valence-corrected chi connectivity index (χ3v) is 5.62. The minimum absolute atomic E-state index is 0.0408. The number of halogens is 2. The van der Waals surface area contributed by atoms with Crippen LogP contribution in [-0.2, 0) is 11.2 Å². The van der Waals surface area contributed by atoms with Gasteiger partial charge in [-0.25, -0.2) is 4.98 Å². The van der Waals surface area contributed by atoms with Crippen molar-refractivity contribution in [3.05, 3.63) is 63.9 Å². The van der Waals surface area contributed by atoms with Crippen molar-refractivity contribution in [2.75, 3.05) is 6.54 Å². The van der Waals surface area contributed by atoms with Gasteiger partial charge in [-0.1, -0.05) is 68.6 Å². The van der Waals surface area contributed by atoms with Crippen LogP contribution in [0.15, 0.2) is 42.5 Å². The molecular weight excluding hydrogens is 405 g/mol. The molecule has 1 amide bonds. The van der Waals surface area contributed by atoms with Crippen molar-refractivity contribution < 1.29 is 4.79 Å². The fraction of sp³-hybridized carbons (Fsp3) is 0.391. The van der Waals surface area contributed by atoms with Crippen LogP contribution in [0.5, 0.6) is 0 Å². The van der Waals surface area contributed by atoms with Crippen LogP contribution in [0.4, 0.5) is 0 Å². The van der Waals surface area contributed by atoms with Crippen LogP contribution in [0, 0.1) is 5.92 Å². The van der Waals surface area contributed by atoms with Crippen molar-refractivity contribution >= 4 is 40.1 Å².